The third-order valence-electron chi connectivity index (χ3n) is 1.14. The van der Waals surface area contributed by atoms with Crippen LogP contribution in [0.25, 0.3) is 0 Å². The van der Waals surface area contributed by atoms with Gasteiger partial charge in [-0.25, -0.2) is 4.57 Å². The number of carbonyl (C=O) groups is 1. The fourth-order valence-corrected chi connectivity index (χ4v) is 0.645. The number of hydrogen-bond acceptors (Lipinski definition) is 2. The highest BCUT2D eigenvalue weighted by Crippen LogP contribution is 1.74. The Kier molecular flexibility index (Phi) is 5.34. The van der Waals surface area contributed by atoms with E-state index in [1.165, 1.54) is 0 Å². The van der Waals surface area contributed by atoms with Gasteiger partial charge >= 0.3 is 0 Å². The van der Waals surface area contributed by atoms with E-state index in [0.29, 0.717) is 0 Å². The first-order valence-corrected chi connectivity index (χ1v) is 3.50. The summed E-state index contributed by atoms with van der Waals surface area (Å²) in [6.45, 7) is 3.18. The van der Waals surface area contributed by atoms with Crippen molar-refractivity contribution in [2.45, 2.75) is 13.5 Å². The summed E-state index contributed by atoms with van der Waals surface area (Å²) in [6, 6.07) is 6.08. The molecule has 0 aliphatic carbocycles. The Morgan fingerprint density at radius 1 is 1.42 bits per heavy atom. The van der Waals surface area contributed by atoms with Crippen molar-refractivity contribution in [1.82, 2.24) is 0 Å². The van der Waals surface area contributed by atoms with Gasteiger partial charge in [0.15, 0.2) is 12.4 Å². The summed E-state index contributed by atoms with van der Waals surface area (Å²) < 4.78 is 2.12. The van der Waals surface area contributed by atoms with Gasteiger partial charge in [0.05, 0.1) is 0 Å². The number of pyridine rings is 1. The molecule has 0 aromatic carbocycles. The van der Waals surface area contributed by atoms with Gasteiger partial charge in [-0.05, 0) is 6.92 Å². The number of carboxylic acid groups (broad SMARTS) is 2. The minimum atomic E-state index is -2.08. The van der Waals surface area contributed by atoms with Gasteiger partial charge in [0.2, 0.25) is 6.16 Å². The summed E-state index contributed by atoms with van der Waals surface area (Å²) in [5.41, 5.74) is 0. The molecule has 0 saturated heterocycles. The summed E-state index contributed by atoms with van der Waals surface area (Å²) in [5, 5.41) is 15.3. The van der Waals surface area contributed by atoms with E-state index in [2.05, 4.69) is 23.9 Å². The first kappa shape index (κ1) is 10.4. The molecule has 1 rings (SSSR count). The van der Waals surface area contributed by atoms with Crippen LogP contribution in [0.4, 0.5) is 4.79 Å². The highest BCUT2D eigenvalue weighted by Gasteiger charge is 1.86. The average molecular weight is 169 g/mol. The minimum Gasteiger partial charge on any atom is -0.565 e. The van der Waals surface area contributed by atoms with Crippen molar-refractivity contribution >= 4 is 6.16 Å². The van der Waals surface area contributed by atoms with E-state index >= 15 is 0 Å². The average Bonchev–Trinajstić information content (AvgIpc) is 2.05. The standard InChI is InChI=1S/C7H10N.CH2O3/c1-2-8-6-4-3-5-7-8;2-1(3)4/h3-7H,2H2,1H3;(H2,2,3,4)/q+1;/p-1. The van der Waals surface area contributed by atoms with Gasteiger partial charge in [0, 0.05) is 12.1 Å². The second kappa shape index (κ2) is 6.15. The zero-order valence-electron chi connectivity index (χ0n) is 6.80. The molecule has 0 spiro atoms. The quantitative estimate of drug-likeness (QED) is 0.596. The molecule has 12 heavy (non-hydrogen) atoms. The lowest BCUT2D eigenvalue weighted by Crippen LogP contribution is -2.30. The molecule has 1 aromatic heterocycles. The van der Waals surface area contributed by atoms with Crippen molar-refractivity contribution in [3.63, 3.8) is 0 Å². The topological polar surface area (TPSA) is 64.2 Å². The van der Waals surface area contributed by atoms with Gasteiger partial charge in [0.1, 0.15) is 6.54 Å². The van der Waals surface area contributed by atoms with Crippen molar-refractivity contribution in [3.8, 4) is 0 Å². The van der Waals surface area contributed by atoms with E-state index in [-0.39, 0.29) is 0 Å². The number of aromatic nitrogens is 1. The van der Waals surface area contributed by atoms with E-state index in [1.807, 2.05) is 18.2 Å². The Morgan fingerprint density at radius 2 is 1.83 bits per heavy atom. The van der Waals surface area contributed by atoms with Gasteiger partial charge in [-0.2, -0.15) is 0 Å². The first-order valence-electron chi connectivity index (χ1n) is 3.50. The van der Waals surface area contributed by atoms with Crippen LogP contribution in [-0.4, -0.2) is 11.3 Å². The Labute approximate surface area is 70.7 Å². The lowest BCUT2D eigenvalue weighted by atomic mass is 10.5. The molecule has 1 heterocycles. The Hall–Kier alpha value is -1.58. The minimum absolute atomic E-state index is 1.06. The van der Waals surface area contributed by atoms with Crippen LogP contribution >= 0.6 is 0 Å². The van der Waals surface area contributed by atoms with Crippen molar-refractivity contribution in [2.24, 2.45) is 0 Å². The highest BCUT2D eigenvalue weighted by atomic mass is 16.6. The third-order valence-corrected chi connectivity index (χ3v) is 1.14. The van der Waals surface area contributed by atoms with Crippen LogP contribution in [0.15, 0.2) is 30.6 Å². The predicted octanol–water partition coefficient (Wildman–Crippen LogP) is -0.118. The predicted molar refractivity (Wildman–Crippen MR) is 40.3 cm³/mol. The van der Waals surface area contributed by atoms with Crippen molar-refractivity contribution in [2.75, 3.05) is 0 Å². The molecular weight excluding hydrogens is 158 g/mol. The molecule has 4 heteroatoms. The van der Waals surface area contributed by atoms with Crippen molar-refractivity contribution < 1.29 is 19.6 Å². The molecule has 0 radical (unpaired) electrons. The van der Waals surface area contributed by atoms with Crippen LogP contribution in [0.3, 0.4) is 0 Å². The van der Waals surface area contributed by atoms with Crippen LogP contribution < -0.4 is 9.67 Å². The molecule has 4 nitrogen and oxygen atoms in total. The molecule has 0 fully saturated rings. The Bertz CT molecular complexity index is 219. The van der Waals surface area contributed by atoms with Gasteiger partial charge in [-0.3, -0.25) is 0 Å². The summed E-state index contributed by atoms with van der Waals surface area (Å²) >= 11 is 0. The molecule has 0 aliphatic rings. The molecule has 0 saturated carbocycles. The SMILES string of the molecule is CC[n+]1ccccc1.O=C([O-])O. The van der Waals surface area contributed by atoms with E-state index in [1.54, 1.807) is 0 Å². The highest BCUT2D eigenvalue weighted by molar-refractivity contribution is 5.50. The van der Waals surface area contributed by atoms with Gasteiger partial charge < -0.3 is 15.0 Å². The Balaban J connectivity index is 0.000000261. The smallest absolute Gasteiger partial charge is 0.249 e. The summed E-state index contributed by atoms with van der Waals surface area (Å²) in [7, 11) is 0. The zero-order chi connectivity index (χ0) is 9.40. The van der Waals surface area contributed by atoms with E-state index in [0.717, 1.165) is 6.54 Å². The molecule has 0 atom stereocenters. The van der Waals surface area contributed by atoms with Crippen LogP contribution in [0, 0.1) is 0 Å². The molecular formula is C8H11NO3. The fourth-order valence-electron chi connectivity index (χ4n) is 0.645. The molecule has 1 aromatic rings. The third kappa shape index (κ3) is 6.54. The van der Waals surface area contributed by atoms with Crippen LogP contribution in [0.5, 0.6) is 0 Å². The molecule has 0 bridgehead atoms. The second-order valence-corrected chi connectivity index (χ2v) is 1.97. The number of aryl methyl sites for hydroxylation is 1. The first-order chi connectivity index (χ1) is 5.66. The fraction of sp³-hybridized carbons (Fsp3) is 0.250. The van der Waals surface area contributed by atoms with Gasteiger partial charge in [-0.1, -0.05) is 6.07 Å². The molecule has 1 N–H and O–H groups in total. The lowest BCUT2D eigenvalue weighted by Gasteiger charge is -1.84. The molecule has 66 valence electrons. The van der Waals surface area contributed by atoms with Crippen LogP contribution in [0.2, 0.25) is 0 Å². The number of nitrogens with zero attached hydrogens (tertiary/aromatic N) is 1. The summed E-state index contributed by atoms with van der Waals surface area (Å²) in [4.78, 5) is 8.44. The maximum atomic E-state index is 8.44. The van der Waals surface area contributed by atoms with Crippen LogP contribution in [0.1, 0.15) is 6.92 Å². The maximum absolute atomic E-state index is 8.44. The normalized spacial score (nSPS) is 8.08. The summed E-state index contributed by atoms with van der Waals surface area (Å²) in [6.07, 6.45) is 2.03. The zero-order valence-corrected chi connectivity index (χ0v) is 6.80. The number of rotatable bonds is 1. The monoisotopic (exact) mass is 169 g/mol. The van der Waals surface area contributed by atoms with Crippen LogP contribution in [-0.2, 0) is 6.54 Å². The van der Waals surface area contributed by atoms with Gasteiger partial charge in [0.25, 0.3) is 0 Å². The number of hydrogen-bond donors (Lipinski definition) is 1. The maximum Gasteiger partial charge on any atom is 0.249 e. The molecule has 0 unspecified atom stereocenters. The largest absolute Gasteiger partial charge is 0.565 e. The van der Waals surface area contributed by atoms with Crippen molar-refractivity contribution in [3.05, 3.63) is 30.6 Å². The molecule has 0 amide bonds. The van der Waals surface area contributed by atoms with Gasteiger partial charge in [-0.15, -0.1) is 0 Å². The molecule has 0 aliphatic heterocycles. The second-order valence-electron chi connectivity index (χ2n) is 1.97. The summed E-state index contributed by atoms with van der Waals surface area (Å²) in [5.74, 6) is 0. The van der Waals surface area contributed by atoms with E-state index in [4.69, 9.17) is 15.0 Å². The van der Waals surface area contributed by atoms with E-state index in [9.17, 15) is 0 Å². The lowest BCUT2D eigenvalue weighted by molar-refractivity contribution is -0.693. The van der Waals surface area contributed by atoms with E-state index < -0.39 is 6.16 Å². The Morgan fingerprint density at radius 3 is 2.08 bits per heavy atom. The van der Waals surface area contributed by atoms with Crippen molar-refractivity contribution in [1.29, 1.82) is 0 Å².